The maximum Gasteiger partial charge on any atom is 0.0282 e. The Hall–Kier alpha value is -2.49. The second-order valence-electron chi connectivity index (χ2n) is 7.89. The summed E-state index contributed by atoms with van der Waals surface area (Å²) in [4.78, 5) is 6.69. The molecule has 2 bridgehead atoms. The molecule has 6 rings (SSSR count). The molecule has 3 aromatic rings. The highest BCUT2D eigenvalue weighted by molar-refractivity contribution is 5.67. The molecule has 4 heterocycles. The van der Waals surface area contributed by atoms with Crippen molar-refractivity contribution in [1.82, 2.24) is 15.2 Å². The first-order chi connectivity index (χ1) is 13.3. The Kier molecular flexibility index (Phi) is 4.27. The van der Waals surface area contributed by atoms with Crippen LogP contribution in [-0.4, -0.2) is 35.1 Å². The van der Waals surface area contributed by atoms with Crippen LogP contribution in [0.25, 0.3) is 11.1 Å². The van der Waals surface area contributed by atoms with Crippen LogP contribution in [0.4, 0.5) is 0 Å². The van der Waals surface area contributed by atoms with Gasteiger partial charge < -0.3 is 5.32 Å². The van der Waals surface area contributed by atoms with Gasteiger partial charge in [0.15, 0.2) is 0 Å². The molecular formula is C24H25N3. The summed E-state index contributed by atoms with van der Waals surface area (Å²) in [5.74, 6) is 0.643. The molecule has 3 nitrogen and oxygen atoms in total. The number of hydrogen-bond donors (Lipinski definition) is 1. The minimum atomic E-state index is 0.565. The number of hydrogen-bond acceptors (Lipinski definition) is 3. The second-order valence-corrected chi connectivity index (χ2v) is 7.89. The number of aromatic nitrogens is 1. The molecule has 0 radical (unpaired) electrons. The minimum absolute atomic E-state index is 0.565. The topological polar surface area (TPSA) is 28.2 Å². The molecule has 3 fully saturated rings. The SMILES string of the molecule is Cc1ccccc1-c1ccc(C2C3CN(Cc4ccncc4)CC2N3)cc1. The Labute approximate surface area is 161 Å². The van der Waals surface area contributed by atoms with Gasteiger partial charge in [0.1, 0.15) is 0 Å². The van der Waals surface area contributed by atoms with Gasteiger partial charge in [-0.05, 0) is 46.9 Å². The van der Waals surface area contributed by atoms with Crippen molar-refractivity contribution in [3.8, 4) is 11.1 Å². The van der Waals surface area contributed by atoms with Crippen molar-refractivity contribution >= 4 is 0 Å². The average molecular weight is 355 g/mol. The Balaban J connectivity index is 1.28. The fourth-order valence-corrected chi connectivity index (χ4v) is 4.73. The van der Waals surface area contributed by atoms with Gasteiger partial charge in [-0.15, -0.1) is 0 Å². The van der Waals surface area contributed by atoms with Crippen molar-refractivity contribution in [3.63, 3.8) is 0 Å². The molecule has 3 aliphatic heterocycles. The van der Waals surface area contributed by atoms with E-state index in [4.69, 9.17) is 0 Å². The largest absolute Gasteiger partial charge is 0.307 e. The molecule has 27 heavy (non-hydrogen) atoms. The van der Waals surface area contributed by atoms with Crippen LogP contribution in [0.5, 0.6) is 0 Å². The van der Waals surface area contributed by atoms with Gasteiger partial charge >= 0.3 is 0 Å². The third-order valence-corrected chi connectivity index (χ3v) is 6.11. The highest BCUT2D eigenvalue weighted by atomic mass is 15.3. The first kappa shape index (κ1) is 16.7. The van der Waals surface area contributed by atoms with Gasteiger partial charge in [0.25, 0.3) is 0 Å². The molecule has 3 heteroatoms. The van der Waals surface area contributed by atoms with Crippen LogP contribution < -0.4 is 5.32 Å². The van der Waals surface area contributed by atoms with Gasteiger partial charge in [0, 0.05) is 50.0 Å². The summed E-state index contributed by atoms with van der Waals surface area (Å²) in [5.41, 5.74) is 6.81. The van der Waals surface area contributed by atoms with Gasteiger partial charge in [0.05, 0.1) is 0 Å². The molecule has 3 aliphatic rings. The van der Waals surface area contributed by atoms with E-state index in [1.54, 1.807) is 0 Å². The lowest BCUT2D eigenvalue weighted by Gasteiger charge is -2.55. The second kappa shape index (κ2) is 6.91. The lowest BCUT2D eigenvalue weighted by atomic mass is 9.74. The van der Waals surface area contributed by atoms with Crippen LogP contribution in [0.2, 0.25) is 0 Å². The van der Waals surface area contributed by atoms with E-state index in [9.17, 15) is 0 Å². The Morgan fingerprint density at radius 3 is 2.33 bits per heavy atom. The van der Waals surface area contributed by atoms with Crippen molar-refractivity contribution in [3.05, 3.63) is 89.7 Å². The van der Waals surface area contributed by atoms with Gasteiger partial charge in [-0.3, -0.25) is 9.88 Å². The molecule has 2 unspecified atom stereocenters. The third-order valence-electron chi connectivity index (χ3n) is 6.11. The molecular weight excluding hydrogens is 330 g/mol. The molecule has 3 saturated heterocycles. The Bertz CT molecular complexity index is 908. The number of fused-ring (bicyclic) bond motifs is 2. The normalized spacial score (nSPS) is 24.4. The number of piperazine rings is 1. The number of piperidine rings is 1. The maximum atomic E-state index is 4.12. The van der Waals surface area contributed by atoms with Crippen LogP contribution >= 0.6 is 0 Å². The molecule has 0 spiro atoms. The van der Waals surface area contributed by atoms with E-state index in [0.717, 1.165) is 19.6 Å². The van der Waals surface area contributed by atoms with Gasteiger partial charge in [-0.25, -0.2) is 0 Å². The fourth-order valence-electron chi connectivity index (χ4n) is 4.73. The summed E-state index contributed by atoms with van der Waals surface area (Å²) in [6.45, 7) is 5.43. The van der Waals surface area contributed by atoms with E-state index in [1.165, 1.54) is 27.8 Å². The summed E-state index contributed by atoms with van der Waals surface area (Å²) < 4.78 is 0. The van der Waals surface area contributed by atoms with Crippen LogP contribution in [0.15, 0.2) is 73.1 Å². The predicted molar refractivity (Wildman–Crippen MR) is 110 cm³/mol. The molecule has 0 aliphatic carbocycles. The van der Waals surface area contributed by atoms with E-state index in [2.05, 4.69) is 82.8 Å². The molecule has 1 aromatic heterocycles. The summed E-state index contributed by atoms with van der Waals surface area (Å²) in [5, 5.41) is 3.74. The van der Waals surface area contributed by atoms with E-state index < -0.39 is 0 Å². The number of pyridine rings is 1. The van der Waals surface area contributed by atoms with Crippen LogP contribution in [0.3, 0.4) is 0 Å². The first-order valence-electron chi connectivity index (χ1n) is 9.81. The Morgan fingerprint density at radius 1 is 0.926 bits per heavy atom. The average Bonchev–Trinajstić information content (AvgIpc) is 2.70. The van der Waals surface area contributed by atoms with Gasteiger partial charge in [-0.2, -0.15) is 0 Å². The third kappa shape index (κ3) is 3.18. The lowest BCUT2D eigenvalue weighted by Crippen LogP contribution is -2.71. The fraction of sp³-hybridized carbons (Fsp3) is 0.292. The molecule has 136 valence electrons. The first-order valence-corrected chi connectivity index (χ1v) is 9.81. The van der Waals surface area contributed by atoms with Gasteiger partial charge in [-0.1, -0.05) is 48.5 Å². The smallest absolute Gasteiger partial charge is 0.0282 e. The summed E-state index contributed by atoms with van der Waals surface area (Å²) >= 11 is 0. The van der Waals surface area contributed by atoms with Crippen LogP contribution in [0.1, 0.15) is 22.6 Å². The van der Waals surface area contributed by atoms with Crippen molar-refractivity contribution in [1.29, 1.82) is 0 Å². The monoisotopic (exact) mass is 355 g/mol. The zero-order valence-corrected chi connectivity index (χ0v) is 15.7. The van der Waals surface area contributed by atoms with E-state index in [1.807, 2.05) is 12.4 Å². The number of nitrogens with one attached hydrogen (secondary N) is 1. The molecule has 1 N–H and O–H groups in total. The molecule has 0 amide bonds. The van der Waals surface area contributed by atoms with E-state index >= 15 is 0 Å². The van der Waals surface area contributed by atoms with Crippen molar-refractivity contribution in [2.75, 3.05) is 13.1 Å². The number of nitrogens with zero attached hydrogens (tertiary/aromatic N) is 2. The van der Waals surface area contributed by atoms with E-state index in [0.29, 0.717) is 18.0 Å². The lowest BCUT2D eigenvalue weighted by molar-refractivity contribution is 0.0471. The minimum Gasteiger partial charge on any atom is -0.307 e. The molecule has 2 aromatic carbocycles. The number of benzene rings is 2. The summed E-state index contributed by atoms with van der Waals surface area (Å²) in [6, 6.07) is 23.2. The van der Waals surface area contributed by atoms with Crippen LogP contribution in [0, 0.1) is 6.92 Å². The zero-order chi connectivity index (χ0) is 18.2. The quantitative estimate of drug-likeness (QED) is 0.767. The van der Waals surface area contributed by atoms with Crippen LogP contribution in [-0.2, 0) is 6.54 Å². The molecule has 0 saturated carbocycles. The number of rotatable bonds is 4. The summed E-state index contributed by atoms with van der Waals surface area (Å²) in [7, 11) is 0. The Morgan fingerprint density at radius 2 is 1.63 bits per heavy atom. The highest BCUT2D eigenvalue weighted by Gasteiger charge is 2.46. The highest BCUT2D eigenvalue weighted by Crippen LogP contribution is 2.38. The summed E-state index contributed by atoms with van der Waals surface area (Å²) in [6.07, 6.45) is 3.77. The molecule has 2 atom stereocenters. The van der Waals surface area contributed by atoms with E-state index in [-0.39, 0.29) is 0 Å². The number of aryl methyl sites for hydroxylation is 1. The maximum absolute atomic E-state index is 4.12. The van der Waals surface area contributed by atoms with Crippen molar-refractivity contribution in [2.45, 2.75) is 31.5 Å². The van der Waals surface area contributed by atoms with Crippen molar-refractivity contribution in [2.24, 2.45) is 0 Å². The van der Waals surface area contributed by atoms with Crippen molar-refractivity contribution < 1.29 is 0 Å². The standard InChI is InChI=1S/C24H25N3/c1-17-4-2-3-5-21(17)19-6-8-20(9-7-19)24-22-15-27(16-23(24)26-22)14-18-10-12-25-13-11-18/h2-13,22-24,26H,14-16H2,1H3. The zero-order valence-electron chi connectivity index (χ0n) is 15.7. The predicted octanol–water partition coefficient (Wildman–Crippen LogP) is 4.00. The van der Waals surface area contributed by atoms with Gasteiger partial charge in [0.2, 0.25) is 0 Å².